The summed E-state index contributed by atoms with van der Waals surface area (Å²) in [7, 11) is 0. The molecule has 0 aromatic heterocycles. The molecule has 0 aliphatic carbocycles. The number of ether oxygens (including phenoxy) is 2. The summed E-state index contributed by atoms with van der Waals surface area (Å²) in [5, 5.41) is 2.71. The summed E-state index contributed by atoms with van der Waals surface area (Å²) < 4.78 is 47.3. The number of nitrogens with one attached hydrogen (secondary N) is 1. The van der Waals surface area contributed by atoms with E-state index in [4.69, 9.17) is 9.47 Å². The van der Waals surface area contributed by atoms with E-state index in [9.17, 15) is 18.0 Å². The molecule has 130 valence electrons. The Morgan fingerprint density at radius 2 is 1.68 bits per heavy atom. The molecule has 1 aliphatic rings. The van der Waals surface area contributed by atoms with Crippen LogP contribution in [0.3, 0.4) is 0 Å². The van der Waals surface area contributed by atoms with Crippen LogP contribution in [0.25, 0.3) is 6.08 Å². The van der Waals surface area contributed by atoms with Gasteiger partial charge in [0.25, 0.3) is 5.91 Å². The number of rotatable bonds is 3. The highest BCUT2D eigenvalue weighted by atomic mass is 19.4. The minimum atomic E-state index is -4.37. The lowest BCUT2D eigenvalue weighted by Gasteiger charge is -2.19. The van der Waals surface area contributed by atoms with E-state index in [0.717, 1.165) is 6.08 Å². The van der Waals surface area contributed by atoms with E-state index < -0.39 is 6.18 Å². The van der Waals surface area contributed by atoms with Gasteiger partial charge in [-0.15, -0.1) is 0 Å². The maximum Gasteiger partial charge on any atom is 0.409 e. The summed E-state index contributed by atoms with van der Waals surface area (Å²) in [5.74, 6) is 0.796. The predicted octanol–water partition coefficient (Wildman–Crippen LogP) is 4.29. The lowest BCUT2D eigenvalue weighted by Crippen LogP contribution is -2.16. The van der Waals surface area contributed by atoms with Crippen LogP contribution in [0.15, 0.2) is 48.5 Å². The number of carbonyl (C=O) groups is 1. The van der Waals surface area contributed by atoms with Crippen LogP contribution in [0.5, 0.6) is 11.5 Å². The Kier molecular flexibility index (Phi) is 4.65. The normalized spacial score (nSPS) is 13.7. The molecule has 25 heavy (non-hydrogen) atoms. The maximum absolute atomic E-state index is 12.2. The molecule has 0 unspecified atom stereocenters. The number of hydrogen-bond donors (Lipinski definition) is 1. The lowest BCUT2D eigenvalue weighted by molar-refractivity contribution is -0.0790. The zero-order valence-electron chi connectivity index (χ0n) is 13.0. The first-order chi connectivity index (χ1) is 11.9. The number of alkyl halides is 3. The van der Waals surface area contributed by atoms with Crippen molar-refractivity contribution in [1.82, 2.24) is 0 Å². The lowest BCUT2D eigenvalue weighted by atomic mass is 10.1. The van der Waals surface area contributed by atoms with Gasteiger partial charge < -0.3 is 14.8 Å². The van der Waals surface area contributed by atoms with E-state index in [-0.39, 0.29) is 12.0 Å². The average Bonchev–Trinajstić information content (AvgIpc) is 2.59. The molecule has 0 saturated heterocycles. The van der Waals surface area contributed by atoms with Crippen LogP contribution in [-0.2, 0) is 0 Å². The second-order valence-corrected chi connectivity index (χ2v) is 5.31. The minimum Gasteiger partial charge on any atom is -0.486 e. The van der Waals surface area contributed by atoms with E-state index in [2.05, 4.69) is 5.32 Å². The van der Waals surface area contributed by atoms with E-state index in [1.54, 1.807) is 18.2 Å². The molecule has 0 fully saturated rings. The van der Waals surface area contributed by atoms with Crippen molar-refractivity contribution in [3.8, 4) is 11.5 Å². The van der Waals surface area contributed by atoms with E-state index in [1.165, 1.54) is 24.3 Å². The van der Waals surface area contributed by atoms with Gasteiger partial charge in [-0.1, -0.05) is 18.2 Å². The average molecular weight is 349 g/mol. The number of allylic oxidation sites excluding steroid dienone is 1. The smallest absolute Gasteiger partial charge is 0.409 e. The molecule has 1 N–H and O–H groups in total. The highest BCUT2D eigenvalue weighted by Crippen LogP contribution is 2.32. The summed E-state index contributed by atoms with van der Waals surface area (Å²) in [6.45, 7) is 0.922. The first-order valence-electron chi connectivity index (χ1n) is 7.48. The number of hydrogen-bond acceptors (Lipinski definition) is 3. The highest BCUT2D eigenvalue weighted by Gasteiger charge is 2.21. The first kappa shape index (κ1) is 16.9. The molecule has 0 saturated carbocycles. The fourth-order valence-electron chi connectivity index (χ4n) is 2.26. The zero-order valence-corrected chi connectivity index (χ0v) is 13.0. The monoisotopic (exact) mass is 349 g/mol. The molecule has 0 atom stereocenters. The molecule has 0 bridgehead atoms. The quantitative estimate of drug-likeness (QED) is 0.899. The molecule has 0 radical (unpaired) electrons. The largest absolute Gasteiger partial charge is 0.486 e. The van der Waals surface area contributed by atoms with Crippen LogP contribution in [0.2, 0.25) is 0 Å². The van der Waals surface area contributed by atoms with Gasteiger partial charge in [0.05, 0.1) is 0 Å². The number of halogens is 3. The number of fused-ring (bicyclic) bond motifs is 1. The van der Waals surface area contributed by atoms with Crippen molar-refractivity contribution < 1.29 is 27.4 Å². The number of benzene rings is 2. The topological polar surface area (TPSA) is 47.6 Å². The van der Waals surface area contributed by atoms with Gasteiger partial charge in [0.1, 0.15) is 13.2 Å². The molecular formula is C18H14F3NO3. The molecule has 7 heteroatoms. The second kappa shape index (κ2) is 6.88. The Labute approximate surface area is 141 Å². The van der Waals surface area contributed by atoms with Crippen LogP contribution < -0.4 is 14.8 Å². The van der Waals surface area contributed by atoms with Gasteiger partial charge in [-0.2, -0.15) is 13.2 Å². The van der Waals surface area contributed by atoms with Gasteiger partial charge in [-0.05, 0) is 29.8 Å². The third-order valence-electron chi connectivity index (χ3n) is 3.44. The van der Waals surface area contributed by atoms with Gasteiger partial charge in [-0.25, -0.2) is 0 Å². The van der Waals surface area contributed by atoms with E-state index >= 15 is 0 Å². The van der Waals surface area contributed by atoms with Crippen molar-refractivity contribution in [2.75, 3.05) is 18.5 Å². The number of carbonyl (C=O) groups excluding carboxylic acids is 1. The third-order valence-corrected chi connectivity index (χ3v) is 3.44. The molecule has 2 aromatic carbocycles. The second-order valence-electron chi connectivity index (χ2n) is 5.31. The van der Waals surface area contributed by atoms with Gasteiger partial charge in [0, 0.05) is 23.4 Å². The van der Waals surface area contributed by atoms with Crippen molar-refractivity contribution in [3.63, 3.8) is 0 Å². The summed E-state index contributed by atoms with van der Waals surface area (Å²) in [6.07, 6.45) is -3.27. The van der Waals surface area contributed by atoms with Crippen molar-refractivity contribution in [2.24, 2.45) is 0 Å². The highest BCUT2D eigenvalue weighted by molar-refractivity contribution is 6.04. The van der Waals surface area contributed by atoms with Crippen LogP contribution in [0.4, 0.5) is 18.9 Å². The van der Waals surface area contributed by atoms with Crippen molar-refractivity contribution >= 4 is 17.7 Å². The van der Waals surface area contributed by atoms with Crippen molar-refractivity contribution in [3.05, 3.63) is 59.7 Å². The maximum atomic E-state index is 12.2. The zero-order chi connectivity index (χ0) is 17.9. The summed E-state index contributed by atoms with van der Waals surface area (Å²) in [5.41, 5.74) is 1.22. The van der Waals surface area contributed by atoms with Gasteiger partial charge >= 0.3 is 6.18 Å². The van der Waals surface area contributed by atoms with Crippen LogP contribution >= 0.6 is 0 Å². The van der Waals surface area contributed by atoms with E-state index in [0.29, 0.717) is 41.5 Å². The van der Waals surface area contributed by atoms with Gasteiger partial charge in [-0.3, -0.25) is 4.79 Å². The number of amides is 1. The molecule has 1 heterocycles. The molecule has 1 amide bonds. The van der Waals surface area contributed by atoms with Gasteiger partial charge in [0.15, 0.2) is 11.5 Å². The van der Waals surface area contributed by atoms with Crippen molar-refractivity contribution in [1.29, 1.82) is 0 Å². The molecule has 2 aromatic rings. The SMILES string of the molecule is O=C(Nc1ccc2c(c1)OCCO2)c1ccc(/C=C/C(F)(F)F)cc1. The van der Waals surface area contributed by atoms with Gasteiger partial charge in [0.2, 0.25) is 0 Å². The standard InChI is InChI=1S/C18H14F3NO3/c19-18(20,21)8-7-12-1-3-13(4-2-12)17(23)22-14-5-6-15-16(11-14)25-10-9-24-15/h1-8,11H,9-10H2,(H,22,23)/b8-7+. The summed E-state index contributed by atoms with van der Waals surface area (Å²) >= 11 is 0. The van der Waals surface area contributed by atoms with E-state index in [1.807, 2.05) is 0 Å². The molecule has 4 nitrogen and oxygen atoms in total. The molecular weight excluding hydrogens is 335 g/mol. The summed E-state index contributed by atoms with van der Waals surface area (Å²) in [4.78, 5) is 12.2. The Balaban J connectivity index is 1.68. The third kappa shape index (κ3) is 4.53. The predicted molar refractivity (Wildman–Crippen MR) is 86.9 cm³/mol. The van der Waals surface area contributed by atoms with Crippen LogP contribution in [0.1, 0.15) is 15.9 Å². The fraction of sp³-hybridized carbons (Fsp3) is 0.167. The molecule has 0 spiro atoms. The summed E-state index contributed by atoms with van der Waals surface area (Å²) in [6, 6.07) is 10.9. The number of anilines is 1. The molecule has 3 rings (SSSR count). The minimum absolute atomic E-state index is 0.150. The Morgan fingerprint density at radius 1 is 1.00 bits per heavy atom. The fourth-order valence-corrected chi connectivity index (χ4v) is 2.26. The Bertz CT molecular complexity index is 798. The Morgan fingerprint density at radius 3 is 2.36 bits per heavy atom. The molecule has 1 aliphatic heterocycles. The van der Waals surface area contributed by atoms with Crippen molar-refractivity contribution in [2.45, 2.75) is 6.18 Å². The Hall–Kier alpha value is -2.96. The van der Waals surface area contributed by atoms with Crippen LogP contribution in [0, 0.1) is 0 Å². The first-order valence-corrected chi connectivity index (χ1v) is 7.48. The van der Waals surface area contributed by atoms with Crippen LogP contribution in [-0.4, -0.2) is 25.3 Å².